The lowest BCUT2D eigenvalue weighted by Crippen LogP contribution is -2.12. The van der Waals surface area contributed by atoms with Gasteiger partial charge in [0.15, 0.2) is 0 Å². The van der Waals surface area contributed by atoms with Crippen molar-refractivity contribution in [3.8, 4) is 5.75 Å². The molecule has 0 atom stereocenters. The molecule has 0 heterocycles. The Morgan fingerprint density at radius 3 is 2.59 bits per heavy atom. The van der Waals surface area contributed by atoms with Crippen molar-refractivity contribution < 1.29 is 15.0 Å². The van der Waals surface area contributed by atoms with Gasteiger partial charge in [-0.1, -0.05) is 32.1 Å². The van der Waals surface area contributed by atoms with Crippen molar-refractivity contribution in [2.24, 2.45) is 5.92 Å². The lowest BCUT2D eigenvalue weighted by Gasteiger charge is -2.22. The van der Waals surface area contributed by atoms with Gasteiger partial charge in [0.25, 0.3) is 0 Å². The van der Waals surface area contributed by atoms with Crippen LogP contribution in [-0.2, 0) is 6.42 Å². The average Bonchev–Trinajstić information content (AvgIpc) is 2.30. The second-order valence-electron chi connectivity index (χ2n) is 4.85. The third-order valence-corrected chi connectivity index (χ3v) is 3.55. The fourth-order valence-electron chi connectivity index (χ4n) is 2.66. The van der Waals surface area contributed by atoms with Crippen molar-refractivity contribution in [1.29, 1.82) is 0 Å². The molecule has 3 heteroatoms. The molecule has 0 saturated heterocycles. The van der Waals surface area contributed by atoms with Gasteiger partial charge in [-0.3, -0.25) is 0 Å². The molecule has 1 aromatic rings. The van der Waals surface area contributed by atoms with Gasteiger partial charge in [-0.2, -0.15) is 0 Å². The summed E-state index contributed by atoms with van der Waals surface area (Å²) in [4.78, 5) is 11.1. The van der Waals surface area contributed by atoms with E-state index in [0.717, 1.165) is 12.0 Å². The number of rotatable bonds is 3. The monoisotopic (exact) mass is 234 g/mol. The number of hydrogen-bond acceptors (Lipinski definition) is 2. The summed E-state index contributed by atoms with van der Waals surface area (Å²) in [6, 6.07) is 4.53. The first-order chi connectivity index (χ1) is 8.16. The number of aromatic carboxylic acids is 1. The molecule has 1 aliphatic rings. The summed E-state index contributed by atoms with van der Waals surface area (Å²) in [6.45, 7) is 0. The van der Waals surface area contributed by atoms with Gasteiger partial charge < -0.3 is 10.2 Å². The highest BCUT2D eigenvalue weighted by Crippen LogP contribution is 2.29. The Kier molecular flexibility index (Phi) is 3.67. The number of carboxylic acids is 1. The first-order valence-electron chi connectivity index (χ1n) is 6.22. The molecule has 17 heavy (non-hydrogen) atoms. The summed E-state index contributed by atoms with van der Waals surface area (Å²) in [5.41, 5.74) is 1.10. The summed E-state index contributed by atoms with van der Waals surface area (Å²) in [5, 5.41) is 18.6. The lowest BCUT2D eigenvalue weighted by molar-refractivity contribution is 0.0695. The molecule has 0 aromatic heterocycles. The van der Waals surface area contributed by atoms with E-state index in [0.29, 0.717) is 11.5 Å². The predicted molar refractivity (Wildman–Crippen MR) is 65.3 cm³/mol. The largest absolute Gasteiger partial charge is 0.508 e. The number of phenols is 1. The maximum absolute atomic E-state index is 11.1. The van der Waals surface area contributed by atoms with Crippen LogP contribution in [0, 0.1) is 5.92 Å². The third kappa shape index (κ3) is 2.99. The molecule has 0 aliphatic heterocycles. The maximum atomic E-state index is 11.1. The fourth-order valence-corrected chi connectivity index (χ4v) is 2.66. The van der Waals surface area contributed by atoms with E-state index in [4.69, 9.17) is 5.11 Å². The van der Waals surface area contributed by atoms with E-state index < -0.39 is 5.97 Å². The molecule has 0 spiro atoms. The van der Waals surface area contributed by atoms with Crippen LogP contribution in [0.2, 0.25) is 0 Å². The molecule has 1 aromatic carbocycles. The van der Waals surface area contributed by atoms with E-state index >= 15 is 0 Å². The van der Waals surface area contributed by atoms with Crippen molar-refractivity contribution in [3.63, 3.8) is 0 Å². The van der Waals surface area contributed by atoms with Crippen LogP contribution in [0.3, 0.4) is 0 Å². The minimum Gasteiger partial charge on any atom is -0.508 e. The molecule has 92 valence electrons. The Morgan fingerprint density at radius 1 is 1.24 bits per heavy atom. The van der Waals surface area contributed by atoms with Gasteiger partial charge in [0, 0.05) is 0 Å². The van der Waals surface area contributed by atoms with Crippen LogP contribution < -0.4 is 0 Å². The number of aromatic hydroxyl groups is 1. The summed E-state index contributed by atoms with van der Waals surface area (Å²) in [7, 11) is 0. The van der Waals surface area contributed by atoms with E-state index in [1.807, 2.05) is 0 Å². The topological polar surface area (TPSA) is 57.5 Å². The Morgan fingerprint density at radius 2 is 1.94 bits per heavy atom. The van der Waals surface area contributed by atoms with E-state index in [2.05, 4.69) is 0 Å². The minimum absolute atomic E-state index is 0.154. The highest BCUT2D eigenvalue weighted by atomic mass is 16.4. The van der Waals surface area contributed by atoms with Gasteiger partial charge in [-0.25, -0.2) is 4.79 Å². The molecular formula is C14H18O3. The van der Waals surface area contributed by atoms with Crippen molar-refractivity contribution in [3.05, 3.63) is 29.3 Å². The average molecular weight is 234 g/mol. The van der Waals surface area contributed by atoms with Gasteiger partial charge in [0.2, 0.25) is 0 Å². The summed E-state index contributed by atoms with van der Waals surface area (Å²) < 4.78 is 0. The number of phenolic OH excluding ortho intramolecular Hbond substituents is 1. The number of benzene rings is 1. The van der Waals surface area contributed by atoms with Crippen molar-refractivity contribution in [2.75, 3.05) is 0 Å². The molecule has 0 radical (unpaired) electrons. The van der Waals surface area contributed by atoms with Crippen LogP contribution in [0.15, 0.2) is 18.2 Å². The van der Waals surface area contributed by atoms with Crippen molar-refractivity contribution >= 4 is 5.97 Å². The molecule has 3 nitrogen and oxygen atoms in total. The summed E-state index contributed by atoms with van der Waals surface area (Å²) in [6.07, 6.45) is 6.90. The van der Waals surface area contributed by atoms with Gasteiger partial charge in [0.05, 0.1) is 5.56 Å². The molecule has 1 fully saturated rings. The second kappa shape index (κ2) is 5.21. The Labute approximate surface area is 101 Å². The normalized spacial score (nSPS) is 16.9. The van der Waals surface area contributed by atoms with E-state index in [9.17, 15) is 9.90 Å². The number of carboxylic acid groups (broad SMARTS) is 1. The first kappa shape index (κ1) is 12.0. The van der Waals surface area contributed by atoms with Gasteiger partial charge in [0.1, 0.15) is 5.75 Å². The zero-order valence-corrected chi connectivity index (χ0v) is 9.85. The number of hydrogen-bond donors (Lipinski definition) is 2. The van der Waals surface area contributed by atoms with Crippen LogP contribution in [0.1, 0.15) is 48.0 Å². The van der Waals surface area contributed by atoms with E-state index in [1.165, 1.54) is 44.2 Å². The molecule has 2 N–H and O–H groups in total. The molecule has 0 bridgehead atoms. The molecule has 0 unspecified atom stereocenters. The van der Waals surface area contributed by atoms with Crippen LogP contribution in [-0.4, -0.2) is 16.2 Å². The zero-order valence-electron chi connectivity index (χ0n) is 9.85. The van der Waals surface area contributed by atoms with Gasteiger partial charge in [-0.05, 0) is 36.1 Å². The van der Waals surface area contributed by atoms with Crippen LogP contribution >= 0.6 is 0 Å². The maximum Gasteiger partial charge on any atom is 0.335 e. The fraction of sp³-hybridized carbons (Fsp3) is 0.500. The highest BCUT2D eigenvalue weighted by Gasteiger charge is 2.18. The molecule has 0 amide bonds. The molecule has 1 aliphatic carbocycles. The molecule has 1 saturated carbocycles. The van der Waals surface area contributed by atoms with Crippen LogP contribution in [0.4, 0.5) is 0 Å². The Hall–Kier alpha value is -1.51. The van der Waals surface area contributed by atoms with Crippen molar-refractivity contribution in [1.82, 2.24) is 0 Å². The van der Waals surface area contributed by atoms with Crippen LogP contribution in [0.25, 0.3) is 0 Å². The van der Waals surface area contributed by atoms with Crippen LogP contribution in [0.5, 0.6) is 5.75 Å². The molecular weight excluding hydrogens is 216 g/mol. The first-order valence-corrected chi connectivity index (χ1v) is 6.22. The molecule has 2 rings (SSSR count). The number of carbonyl (C=O) groups is 1. The zero-order chi connectivity index (χ0) is 12.3. The third-order valence-electron chi connectivity index (χ3n) is 3.55. The van der Waals surface area contributed by atoms with Gasteiger partial charge in [-0.15, -0.1) is 0 Å². The van der Waals surface area contributed by atoms with E-state index in [1.54, 1.807) is 6.07 Å². The quantitative estimate of drug-likeness (QED) is 0.844. The second-order valence-corrected chi connectivity index (χ2v) is 4.85. The Bertz CT molecular complexity index is 406. The lowest BCUT2D eigenvalue weighted by atomic mass is 9.84. The summed E-state index contributed by atoms with van der Waals surface area (Å²) in [5.74, 6) is -0.180. The summed E-state index contributed by atoms with van der Waals surface area (Å²) >= 11 is 0. The van der Waals surface area contributed by atoms with E-state index in [-0.39, 0.29) is 5.75 Å². The van der Waals surface area contributed by atoms with Gasteiger partial charge >= 0.3 is 5.97 Å². The minimum atomic E-state index is -0.907. The highest BCUT2D eigenvalue weighted by molar-refractivity contribution is 5.89. The van der Waals surface area contributed by atoms with Crippen molar-refractivity contribution in [2.45, 2.75) is 38.5 Å². The SMILES string of the molecule is O=C(O)c1ccc(O)cc1CC1CCCCC1. The smallest absolute Gasteiger partial charge is 0.335 e. The predicted octanol–water partition coefficient (Wildman–Crippen LogP) is 3.21. The Balaban J connectivity index is 2.17. The standard InChI is InChI=1S/C14H18O3/c15-12-6-7-13(14(16)17)11(9-12)8-10-4-2-1-3-5-10/h6-7,9-10,15H,1-5,8H2,(H,16,17).